The van der Waals surface area contributed by atoms with Crippen LogP contribution in [0.1, 0.15) is 74.7 Å². The smallest absolute Gasteiger partial charge is 0.323 e. The maximum Gasteiger partial charge on any atom is 0.323 e. The molecule has 1 aromatic heterocycles. The van der Waals surface area contributed by atoms with Crippen molar-refractivity contribution in [2.75, 3.05) is 20.2 Å². The summed E-state index contributed by atoms with van der Waals surface area (Å²) in [6.45, 7) is 11.6. The number of likely N-dealkylation sites (N-methyl/N-ethyl adjacent to an activating group) is 1. The van der Waals surface area contributed by atoms with Crippen LogP contribution in [0.15, 0.2) is 46.9 Å². The number of Topliss-reactive ketones (excluding diaryl/α,β-unsaturated/α-hetero) is 1. The highest BCUT2D eigenvalue weighted by Gasteiger charge is 2.32. The van der Waals surface area contributed by atoms with Crippen molar-refractivity contribution in [1.29, 1.82) is 0 Å². The molecule has 3 rings (SSSR count). The van der Waals surface area contributed by atoms with E-state index in [2.05, 4.69) is 32.0 Å². The summed E-state index contributed by atoms with van der Waals surface area (Å²) in [6, 6.07) is 13.7. The molecular formula is C30H37NO6. The molecule has 0 unspecified atom stereocenters. The first-order valence-electron chi connectivity index (χ1n) is 12.6. The second-order valence-electron chi connectivity index (χ2n) is 10.6. The minimum Gasteiger partial charge on any atom is -0.486 e. The molecule has 1 amide bonds. The molecule has 0 fully saturated rings. The molecule has 0 radical (unpaired) electrons. The van der Waals surface area contributed by atoms with Crippen molar-refractivity contribution in [3.63, 3.8) is 0 Å². The van der Waals surface area contributed by atoms with Gasteiger partial charge >= 0.3 is 5.97 Å². The Labute approximate surface area is 218 Å². The van der Waals surface area contributed by atoms with Gasteiger partial charge in [-0.2, -0.15) is 0 Å². The molecule has 0 aliphatic carbocycles. The van der Waals surface area contributed by atoms with Gasteiger partial charge in [0.15, 0.2) is 11.5 Å². The summed E-state index contributed by atoms with van der Waals surface area (Å²) in [5, 5.41) is 9.76. The van der Waals surface area contributed by atoms with E-state index in [-0.39, 0.29) is 23.6 Å². The number of amides is 1. The van der Waals surface area contributed by atoms with Crippen LogP contribution in [0.2, 0.25) is 0 Å². The van der Waals surface area contributed by atoms with E-state index < -0.39 is 23.8 Å². The number of fused-ring (bicyclic) bond motifs is 1. The number of carbonyl (C=O) groups excluding carboxylic acids is 2. The Balaban J connectivity index is 1.94. The fraction of sp³-hybridized carbons (Fsp3) is 0.433. The minimum absolute atomic E-state index is 0.0360. The molecule has 198 valence electrons. The van der Waals surface area contributed by atoms with Crippen LogP contribution in [0, 0.1) is 12.3 Å². The van der Waals surface area contributed by atoms with E-state index in [0.717, 1.165) is 39.8 Å². The number of ether oxygens (including phenoxy) is 1. The van der Waals surface area contributed by atoms with Gasteiger partial charge in [0.25, 0.3) is 5.91 Å². The zero-order chi connectivity index (χ0) is 27.5. The predicted octanol–water partition coefficient (Wildman–Crippen LogP) is 6.00. The second kappa shape index (κ2) is 10.8. The van der Waals surface area contributed by atoms with E-state index in [1.807, 2.05) is 45.9 Å². The molecule has 0 aliphatic heterocycles. The Kier molecular flexibility index (Phi) is 8.16. The number of hydrogen-bond donors (Lipinski definition) is 1. The zero-order valence-electron chi connectivity index (χ0n) is 22.8. The number of hydrogen-bond acceptors (Lipinski definition) is 5. The molecule has 0 spiro atoms. The Morgan fingerprint density at radius 3 is 2.16 bits per heavy atom. The van der Waals surface area contributed by atoms with Crippen LogP contribution in [0.5, 0.6) is 5.75 Å². The molecule has 1 N–H and O–H groups in total. The number of aliphatic carboxylic acids is 1. The predicted molar refractivity (Wildman–Crippen MR) is 143 cm³/mol. The molecule has 2 aromatic carbocycles. The highest BCUT2D eigenvalue weighted by atomic mass is 16.5. The Morgan fingerprint density at radius 2 is 1.59 bits per heavy atom. The minimum atomic E-state index is -1.09. The second-order valence-corrected chi connectivity index (χ2v) is 10.6. The number of carboxylic acid groups (broad SMARTS) is 1. The van der Waals surface area contributed by atoms with E-state index in [1.165, 1.54) is 7.05 Å². The van der Waals surface area contributed by atoms with Gasteiger partial charge in [0.2, 0.25) is 0 Å². The van der Waals surface area contributed by atoms with Crippen LogP contribution in [0.4, 0.5) is 0 Å². The Hall–Kier alpha value is -3.61. The highest BCUT2D eigenvalue weighted by Crippen LogP contribution is 2.41. The third kappa shape index (κ3) is 5.87. The number of carbonyl (C=O) groups is 3. The maximum absolute atomic E-state index is 12.6. The van der Waals surface area contributed by atoms with Crippen LogP contribution >= 0.6 is 0 Å². The summed E-state index contributed by atoms with van der Waals surface area (Å²) in [4.78, 5) is 37.0. The number of carboxylic acids is 1. The topological polar surface area (TPSA) is 97.1 Å². The van der Waals surface area contributed by atoms with Gasteiger partial charge in [0.05, 0.1) is 0 Å². The van der Waals surface area contributed by atoms with Crippen LogP contribution in [-0.2, 0) is 15.0 Å². The van der Waals surface area contributed by atoms with Crippen molar-refractivity contribution in [3.8, 4) is 5.75 Å². The van der Waals surface area contributed by atoms with Crippen molar-refractivity contribution in [3.05, 3.63) is 64.9 Å². The van der Waals surface area contributed by atoms with Crippen LogP contribution in [-0.4, -0.2) is 47.9 Å². The van der Waals surface area contributed by atoms with E-state index in [9.17, 15) is 14.4 Å². The maximum atomic E-state index is 12.6. The van der Waals surface area contributed by atoms with Crippen LogP contribution < -0.4 is 4.74 Å². The van der Waals surface area contributed by atoms with Gasteiger partial charge in [0.1, 0.15) is 24.5 Å². The number of rotatable bonds is 10. The van der Waals surface area contributed by atoms with Crippen molar-refractivity contribution in [2.24, 2.45) is 5.41 Å². The first-order valence-corrected chi connectivity index (χ1v) is 12.6. The standard InChI is InChI=1S/C30H37NO6/c1-8-30(9-2,21-12-13-23(19(3)14-21)36-18-26(32)29(4,5)6)22-11-10-20-15-25(37-24(20)16-22)28(35)31(7)17-27(33)34/h10-16H,8-9,17-18H2,1-7H3,(H,33,34). The molecule has 0 aliphatic rings. The lowest BCUT2D eigenvalue weighted by Crippen LogP contribution is -2.31. The SMILES string of the molecule is CCC(CC)(c1ccc(OCC(=O)C(C)(C)C)c(C)c1)c1ccc2cc(C(=O)N(C)CC(=O)O)oc2c1. The molecule has 7 nitrogen and oxygen atoms in total. The number of nitrogens with zero attached hydrogens (tertiary/aromatic N) is 1. The lowest BCUT2D eigenvalue weighted by atomic mass is 9.70. The molecule has 0 bridgehead atoms. The summed E-state index contributed by atoms with van der Waals surface area (Å²) in [5.74, 6) is -0.716. The number of benzene rings is 2. The van der Waals surface area contributed by atoms with E-state index in [0.29, 0.717) is 11.3 Å². The molecule has 0 atom stereocenters. The fourth-order valence-electron chi connectivity index (χ4n) is 4.60. The first-order chi connectivity index (χ1) is 17.3. The highest BCUT2D eigenvalue weighted by molar-refractivity contribution is 5.97. The molecule has 0 saturated carbocycles. The van der Waals surface area contributed by atoms with Crippen LogP contribution in [0.25, 0.3) is 11.0 Å². The first kappa shape index (κ1) is 28.0. The van der Waals surface area contributed by atoms with Crippen molar-refractivity contribution in [1.82, 2.24) is 4.90 Å². The van der Waals surface area contributed by atoms with Gasteiger partial charge in [0, 0.05) is 23.3 Å². The Morgan fingerprint density at radius 1 is 0.973 bits per heavy atom. The normalized spacial score (nSPS) is 12.0. The summed E-state index contributed by atoms with van der Waals surface area (Å²) in [7, 11) is 1.43. The summed E-state index contributed by atoms with van der Waals surface area (Å²) in [5.41, 5.74) is 2.98. The fourth-order valence-corrected chi connectivity index (χ4v) is 4.60. The van der Waals surface area contributed by atoms with Crippen molar-refractivity contribution < 1.29 is 28.6 Å². The quantitative estimate of drug-likeness (QED) is 0.362. The van der Waals surface area contributed by atoms with Crippen LogP contribution in [0.3, 0.4) is 0 Å². The molecule has 3 aromatic rings. The third-order valence-electron chi connectivity index (χ3n) is 7.13. The summed E-state index contributed by atoms with van der Waals surface area (Å²) < 4.78 is 11.7. The number of ketones is 1. The molecular weight excluding hydrogens is 470 g/mol. The number of aryl methyl sites for hydroxylation is 1. The van der Waals surface area contributed by atoms with Crippen molar-refractivity contribution >= 4 is 28.6 Å². The average Bonchev–Trinajstić information content (AvgIpc) is 3.26. The molecule has 37 heavy (non-hydrogen) atoms. The average molecular weight is 508 g/mol. The summed E-state index contributed by atoms with van der Waals surface area (Å²) >= 11 is 0. The molecule has 0 saturated heterocycles. The van der Waals surface area contributed by atoms with E-state index in [1.54, 1.807) is 6.07 Å². The van der Waals surface area contributed by atoms with Gasteiger partial charge in [-0.25, -0.2) is 0 Å². The Bertz CT molecular complexity index is 1310. The van der Waals surface area contributed by atoms with Gasteiger partial charge in [-0.05, 0) is 54.7 Å². The van der Waals surface area contributed by atoms with Crippen molar-refractivity contribution in [2.45, 2.75) is 59.8 Å². The van der Waals surface area contributed by atoms with E-state index >= 15 is 0 Å². The van der Waals surface area contributed by atoms with Gasteiger partial charge in [-0.1, -0.05) is 58.9 Å². The van der Waals surface area contributed by atoms with Gasteiger partial charge in [-0.15, -0.1) is 0 Å². The zero-order valence-corrected chi connectivity index (χ0v) is 22.8. The van der Waals surface area contributed by atoms with Gasteiger partial charge < -0.3 is 19.2 Å². The van der Waals surface area contributed by atoms with Gasteiger partial charge in [-0.3, -0.25) is 14.4 Å². The monoisotopic (exact) mass is 507 g/mol. The third-order valence-corrected chi connectivity index (χ3v) is 7.13. The van der Waals surface area contributed by atoms with E-state index in [4.69, 9.17) is 14.3 Å². The molecule has 1 heterocycles. The number of furan rings is 1. The lowest BCUT2D eigenvalue weighted by Gasteiger charge is -2.33. The largest absolute Gasteiger partial charge is 0.486 e. The lowest BCUT2D eigenvalue weighted by molar-refractivity contribution is -0.137. The molecule has 7 heteroatoms. The summed E-state index contributed by atoms with van der Waals surface area (Å²) in [6.07, 6.45) is 1.68.